The van der Waals surface area contributed by atoms with Gasteiger partial charge in [-0.05, 0) is 42.4 Å². The van der Waals surface area contributed by atoms with Gasteiger partial charge in [-0.1, -0.05) is 13.0 Å². The van der Waals surface area contributed by atoms with Crippen LogP contribution < -0.4 is 15.2 Å². The van der Waals surface area contributed by atoms with E-state index in [-0.39, 0.29) is 0 Å². The Morgan fingerprint density at radius 1 is 1.12 bits per heavy atom. The molecule has 1 aliphatic carbocycles. The number of rotatable bonds is 3. The Balaban J connectivity index is 2.27. The number of methoxy groups -OCH3 is 2. The third kappa shape index (κ3) is 2.25. The van der Waals surface area contributed by atoms with Gasteiger partial charge in [-0.3, -0.25) is 0 Å². The van der Waals surface area contributed by atoms with Crippen molar-refractivity contribution in [1.29, 1.82) is 0 Å². The molecule has 0 radical (unpaired) electrons. The van der Waals surface area contributed by atoms with E-state index < -0.39 is 0 Å². The first-order valence-electron chi connectivity index (χ1n) is 6.15. The van der Waals surface area contributed by atoms with Gasteiger partial charge in [-0.2, -0.15) is 0 Å². The van der Waals surface area contributed by atoms with Crippen LogP contribution in [0.15, 0.2) is 18.2 Å². The lowest BCUT2D eigenvalue weighted by molar-refractivity contribution is 0.353. The molecule has 1 aromatic rings. The molecule has 3 atom stereocenters. The normalized spacial score (nSPS) is 28.1. The van der Waals surface area contributed by atoms with Crippen LogP contribution in [0.1, 0.15) is 31.2 Å². The second-order valence-electron chi connectivity index (χ2n) is 4.82. The quantitative estimate of drug-likeness (QED) is 0.875. The maximum Gasteiger partial charge on any atom is 0.160 e. The molecule has 2 N–H and O–H groups in total. The molecule has 3 unspecified atom stereocenters. The molecule has 1 saturated carbocycles. The Morgan fingerprint density at radius 3 is 2.35 bits per heavy atom. The van der Waals surface area contributed by atoms with Crippen LogP contribution in [-0.2, 0) is 0 Å². The van der Waals surface area contributed by atoms with E-state index in [1.807, 2.05) is 6.07 Å². The summed E-state index contributed by atoms with van der Waals surface area (Å²) in [5.41, 5.74) is 7.39. The molecular weight excluding hydrogens is 214 g/mol. The van der Waals surface area contributed by atoms with Gasteiger partial charge < -0.3 is 15.2 Å². The smallest absolute Gasteiger partial charge is 0.160 e. The number of nitrogens with two attached hydrogens (primary N) is 1. The van der Waals surface area contributed by atoms with Crippen LogP contribution in [0.2, 0.25) is 0 Å². The largest absolute Gasteiger partial charge is 0.493 e. The van der Waals surface area contributed by atoms with E-state index in [4.69, 9.17) is 15.2 Å². The summed E-state index contributed by atoms with van der Waals surface area (Å²) in [6.45, 7) is 2.24. The van der Waals surface area contributed by atoms with Gasteiger partial charge in [-0.15, -0.1) is 0 Å². The molecule has 1 aromatic carbocycles. The molecule has 0 spiro atoms. The first-order valence-corrected chi connectivity index (χ1v) is 6.15. The molecule has 0 saturated heterocycles. The summed E-state index contributed by atoms with van der Waals surface area (Å²) >= 11 is 0. The monoisotopic (exact) mass is 235 g/mol. The summed E-state index contributed by atoms with van der Waals surface area (Å²) in [5.74, 6) is 2.67. The van der Waals surface area contributed by atoms with Gasteiger partial charge in [-0.25, -0.2) is 0 Å². The average molecular weight is 235 g/mol. The molecule has 0 aromatic heterocycles. The molecular formula is C14H21NO2. The molecule has 94 valence electrons. The van der Waals surface area contributed by atoms with Crippen LogP contribution >= 0.6 is 0 Å². The van der Waals surface area contributed by atoms with Crippen molar-refractivity contribution in [3.05, 3.63) is 23.8 Å². The number of benzene rings is 1. The second-order valence-corrected chi connectivity index (χ2v) is 4.82. The minimum atomic E-state index is 0.327. The van der Waals surface area contributed by atoms with Crippen molar-refractivity contribution in [1.82, 2.24) is 0 Å². The van der Waals surface area contributed by atoms with Crippen molar-refractivity contribution >= 4 is 0 Å². The maximum absolute atomic E-state index is 6.08. The lowest BCUT2D eigenvalue weighted by Crippen LogP contribution is -2.24. The Hall–Kier alpha value is -1.22. The molecule has 1 fully saturated rings. The van der Waals surface area contributed by atoms with Gasteiger partial charge in [0.25, 0.3) is 0 Å². The molecule has 17 heavy (non-hydrogen) atoms. The maximum atomic E-state index is 6.08. The SMILES string of the molecule is COc1ccc(C2CCC(N)C2C)cc1OC. The molecule has 0 amide bonds. The Labute approximate surface area is 103 Å². The third-order valence-electron chi connectivity index (χ3n) is 3.96. The zero-order valence-electron chi connectivity index (χ0n) is 10.8. The molecule has 1 aliphatic rings. The first-order chi connectivity index (χ1) is 8.17. The topological polar surface area (TPSA) is 44.5 Å². The van der Waals surface area contributed by atoms with E-state index in [1.165, 1.54) is 5.56 Å². The van der Waals surface area contributed by atoms with E-state index in [0.717, 1.165) is 24.3 Å². The fraction of sp³-hybridized carbons (Fsp3) is 0.571. The van der Waals surface area contributed by atoms with Gasteiger partial charge >= 0.3 is 0 Å². The minimum absolute atomic E-state index is 0.327. The number of ether oxygens (including phenoxy) is 2. The van der Waals surface area contributed by atoms with Crippen molar-refractivity contribution in [2.45, 2.75) is 31.7 Å². The number of hydrogen-bond donors (Lipinski definition) is 1. The Morgan fingerprint density at radius 2 is 1.82 bits per heavy atom. The highest BCUT2D eigenvalue weighted by Gasteiger charge is 2.31. The predicted molar refractivity (Wildman–Crippen MR) is 68.7 cm³/mol. The highest BCUT2D eigenvalue weighted by molar-refractivity contribution is 5.44. The van der Waals surface area contributed by atoms with Crippen LogP contribution in [0, 0.1) is 5.92 Å². The van der Waals surface area contributed by atoms with Gasteiger partial charge in [0.2, 0.25) is 0 Å². The predicted octanol–water partition coefficient (Wildman–Crippen LogP) is 2.54. The zero-order valence-corrected chi connectivity index (χ0v) is 10.8. The molecule has 3 heteroatoms. The van der Waals surface area contributed by atoms with Crippen LogP contribution in [-0.4, -0.2) is 20.3 Å². The van der Waals surface area contributed by atoms with E-state index in [0.29, 0.717) is 17.9 Å². The zero-order chi connectivity index (χ0) is 12.4. The molecule has 0 aliphatic heterocycles. The molecule has 0 heterocycles. The van der Waals surface area contributed by atoms with Crippen molar-refractivity contribution < 1.29 is 9.47 Å². The fourth-order valence-electron chi connectivity index (χ4n) is 2.75. The summed E-state index contributed by atoms with van der Waals surface area (Å²) < 4.78 is 10.6. The molecule has 0 bridgehead atoms. The number of hydrogen-bond acceptors (Lipinski definition) is 3. The van der Waals surface area contributed by atoms with Crippen molar-refractivity contribution in [3.63, 3.8) is 0 Å². The average Bonchev–Trinajstić information content (AvgIpc) is 2.69. The van der Waals surface area contributed by atoms with Gasteiger partial charge in [0, 0.05) is 6.04 Å². The summed E-state index contributed by atoms with van der Waals surface area (Å²) in [6.07, 6.45) is 2.28. The van der Waals surface area contributed by atoms with Crippen molar-refractivity contribution in [3.8, 4) is 11.5 Å². The summed E-state index contributed by atoms with van der Waals surface area (Å²) in [7, 11) is 3.33. The van der Waals surface area contributed by atoms with E-state index in [1.54, 1.807) is 14.2 Å². The van der Waals surface area contributed by atoms with Gasteiger partial charge in [0.1, 0.15) is 0 Å². The minimum Gasteiger partial charge on any atom is -0.493 e. The van der Waals surface area contributed by atoms with Crippen LogP contribution in [0.3, 0.4) is 0 Å². The summed E-state index contributed by atoms with van der Waals surface area (Å²) in [4.78, 5) is 0. The standard InChI is InChI=1S/C14H21NO2/c1-9-11(5-6-12(9)15)10-4-7-13(16-2)14(8-10)17-3/h4,7-9,11-12H,5-6,15H2,1-3H3. The summed E-state index contributed by atoms with van der Waals surface area (Å²) in [6, 6.07) is 6.51. The molecule has 3 nitrogen and oxygen atoms in total. The Bertz CT molecular complexity index is 392. The van der Waals surface area contributed by atoms with Gasteiger partial charge in [0.15, 0.2) is 11.5 Å². The van der Waals surface area contributed by atoms with Gasteiger partial charge in [0.05, 0.1) is 14.2 Å². The Kier molecular flexibility index (Phi) is 3.57. The second kappa shape index (κ2) is 4.96. The van der Waals surface area contributed by atoms with Crippen LogP contribution in [0.25, 0.3) is 0 Å². The third-order valence-corrected chi connectivity index (χ3v) is 3.96. The van der Waals surface area contributed by atoms with Crippen LogP contribution in [0.4, 0.5) is 0 Å². The van der Waals surface area contributed by atoms with Crippen molar-refractivity contribution in [2.75, 3.05) is 14.2 Å². The highest BCUT2D eigenvalue weighted by Crippen LogP contribution is 2.41. The van der Waals surface area contributed by atoms with E-state index >= 15 is 0 Å². The summed E-state index contributed by atoms with van der Waals surface area (Å²) in [5, 5.41) is 0. The lowest BCUT2D eigenvalue weighted by Gasteiger charge is -2.19. The van der Waals surface area contributed by atoms with Crippen LogP contribution in [0.5, 0.6) is 11.5 Å². The fourth-order valence-corrected chi connectivity index (χ4v) is 2.75. The lowest BCUT2D eigenvalue weighted by atomic mass is 9.89. The van der Waals surface area contributed by atoms with E-state index in [2.05, 4.69) is 19.1 Å². The van der Waals surface area contributed by atoms with Crippen molar-refractivity contribution in [2.24, 2.45) is 11.7 Å². The first kappa shape index (κ1) is 12.2. The highest BCUT2D eigenvalue weighted by atomic mass is 16.5. The molecule has 2 rings (SSSR count). The van der Waals surface area contributed by atoms with E-state index in [9.17, 15) is 0 Å².